The monoisotopic (exact) mass is 506 g/mol. The molecule has 1 aliphatic carbocycles. The largest absolute Gasteiger partial charge is 0.500 e. The van der Waals surface area contributed by atoms with Gasteiger partial charge in [-0.1, -0.05) is 0 Å². The lowest BCUT2D eigenvalue weighted by molar-refractivity contribution is 0.0202. The first kappa shape index (κ1) is 30.2. The van der Waals surface area contributed by atoms with Gasteiger partial charge in [-0.05, 0) is 0 Å². The van der Waals surface area contributed by atoms with Crippen molar-refractivity contribution in [3.05, 3.63) is 34.9 Å². The van der Waals surface area contributed by atoms with E-state index in [9.17, 15) is 0 Å². The minimum absolute atomic E-state index is 0.0105. The summed E-state index contributed by atoms with van der Waals surface area (Å²) in [5.41, 5.74) is 0.264. The molecule has 0 aliphatic heterocycles. The van der Waals surface area contributed by atoms with E-state index < -0.39 is 6.10 Å². The zero-order valence-corrected chi connectivity index (χ0v) is 20.3. The van der Waals surface area contributed by atoms with Crippen molar-refractivity contribution in [2.45, 2.75) is 44.6 Å². The van der Waals surface area contributed by atoms with Crippen molar-refractivity contribution in [3.63, 3.8) is 0 Å². The summed E-state index contributed by atoms with van der Waals surface area (Å²) in [5.74, 6) is 0.259. The summed E-state index contributed by atoms with van der Waals surface area (Å²) in [6, 6.07) is 11.9. The Kier molecular flexibility index (Phi) is 15.8. The van der Waals surface area contributed by atoms with Gasteiger partial charge in [-0.3, -0.25) is 0 Å². The maximum absolute atomic E-state index is 9.01. The highest BCUT2D eigenvalue weighted by atomic mass is 16.6. The molecule has 0 bridgehead atoms. The lowest BCUT2D eigenvalue weighted by Crippen LogP contribution is -2.31. The molecule has 0 fully saturated rings. The van der Waals surface area contributed by atoms with Crippen LogP contribution in [0, 0.1) is 68.0 Å². The van der Waals surface area contributed by atoms with Gasteiger partial charge in [0.05, 0.1) is 93.4 Å². The van der Waals surface area contributed by atoms with Crippen LogP contribution in [-0.2, 0) is 28.4 Å². The van der Waals surface area contributed by atoms with Crippen LogP contribution in [0.25, 0.3) is 0 Å². The van der Waals surface area contributed by atoms with E-state index in [1.54, 1.807) is 0 Å². The zero-order chi connectivity index (χ0) is 27.1. The number of hydrogen-bond acceptors (Lipinski definition) is 12. The molecule has 0 saturated heterocycles. The fraction of sp³-hybridized carbons (Fsp3) is 0.520. The maximum atomic E-state index is 9.01. The highest BCUT2D eigenvalue weighted by Crippen LogP contribution is 2.39. The van der Waals surface area contributed by atoms with Gasteiger partial charge in [-0.2, -0.15) is 31.6 Å². The van der Waals surface area contributed by atoms with E-state index in [4.69, 9.17) is 60.0 Å². The highest BCUT2D eigenvalue weighted by Gasteiger charge is 2.40. The van der Waals surface area contributed by atoms with Crippen molar-refractivity contribution in [1.82, 2.24) is 0 Å². The van der Waals surface area contributed by atoms with Crippen LogP contribution in [0.1, 0.15) is 38.5 Å². The third-order valence-corrected chi connectivity index (χ3v) is 4.31. The van der Waals surface area contributed by atoms with Crippen molar-refractivity contribution in [3.8, 4) is 36.4 Å². The van der Waals surface area contributed by atoms with Crippen LogP contribution in [0.2, 0.25) is 0 Å². The molecule has 0 saturated carbocycles. The van der Waals surface area contributed by atoms with Crippen LogP contribution >= 0.6 is 0 Å². The molecule has 12 heteroatoms. The van der Waals surface area contributed by atoms with E-state index in [2.05, 4.69) is 0 Å². The molecule has 0 radical (unpaired) electrons. The Morgan fingerprint density at radius 1 is 0.514 bits per heavy atom. The van der Waals surface area contributed by atoms with Crippen LogP contribution < -0.4 is 0 Å². The standard InChI is InChI=1S/C25H26N6O6/c26-7-1-13-32-19-20-21(33-14-2-8-27)23(35-16-4-10-29)25(37-18-6-12-31)24(36-17-5-11-30)22(20)34-15-3-9-28/h19,21H,1-6,13-18H2. The summed E-state index contributed by atoms with van der Waals surface area (Å²) < 4.78 is 35.0. The fourth-order valence-electron chi connectivity index (χ4n) is 2.84. The van der Waals surface area contributed by atoms with Gasteiger partial charge in [0.15, 0.2) is 17.6 Å². The molecule has 12 nitrogen and oxygen atoms in total. The van der Waals surface area contributed by atoms with Gasteiger partial charge >= 0.3 is 0 Å². The molecular weight excluding hydrogens is 480 g/mol. The summed E-state index contributed by atoms with van der Waals surface area (Å²) in [5, 5.41) is 53.9. The van der Waals surface area contributed by atoms with Gasteiger partial charge in [0.1, 0.15) is 33.0 Å². The molecule has 0 aromatic heterocycles. The first-order chi connectivity index (χ1) is 18.2. The smallest absolute Gasteiger partial charge is 0.207 e. The molecule has 1 atom stereocenters. The second kappa shape index (κ2) is 19.4. The van der Waals surface area contributed by atoms with Crippen LogP contribution in [0.15, 0.2) is 34.9 Å². The summed E-state index contributed by atoms with van der Waals surface area (Å²) in [4.78, 5) is 0. The molecule has 0 N–H and O–H groups in total. The Labute approximate surface area is 215 Å². The lowest BCUT2D eigenvalue weighted by Gasteiger charge is -2.32. The topological polar surface area (TPSA) is 198 Å². The van der Waals surface area contributed by atoms with E-state index in [1.807, 2.05) is 36.4 Å². The molecule has 0 heterocycles. The minimum atomic E-state index is -1.04. The van der Waals surface area contributed by atoms with Crippen molar-refractivity contribution >= 4 is 0 Å². The van der Waals surface area contributed by atoms with Crippen LogP contribution in [0.5, 0.6) is 0 Å². The zero-order valence-electron chi connectivity index (χ0n) is 20.3. The molecular formula is C25H26N6O6. The molecule has 192 valence electrons. The van der Waals surface area contributed by atoms with Gasteiger partial charge in [0.25, 0.3) is 0 Å². The predicted octanol–water partition coefficient (Wildman–Crippen LogP) is 3.26. The SMILES string of the molecule is N#CCCOC=C1C(OCCC#N)=C(OCCC#N)C(OCCC#N)=C(OCCC#N)C1OCCC#N. The minimum Gasteiger partial charge on any atom is -0.500 e. The molecule has 0 spiro atoms. The first-order valence-electron chi connectivity index (χ1n) is 11.3. The molecule has 1 unspecified atom stereocenters. The van der Waals surface area contributed by atoms with Gasteiger partial charge in [0, 0.05) is 0 Å². The Hall–Kier alpha value is -4.88. The lowest BCUT2D eigenvalue weighted by atomic mass is 9.98. The number of nitriles is 6. The van der Waals surface area contributed by atoms with Crippen molar-refractivity contribution in [2.24, 2.45) is 0 Å². The van der Waals surface area contributed by atoms with Crippen LogP contribution in [0.4, 0.5) is 0 Å². The maximum Gasteiger partial charge on any atom is 0.207 e. The van der Waals surface area contributed by atoms with E-state index in [1.165, 1.54) is 6.26 Å². The first-order valence-corrected chi connectivity index (χ1v) is 11.3. The second-order valence-electron chi connectivity index (χ2n) is 6.89. The third kappa shape index (κ3) is 10.5. The molecule has 1 rings (SSSR count). The molecule has 0 aromatic rings. The summed E-state index contributed by atoms with van der Waals surface area (Å²) in [7, 11) is 0. The van der Waals surface area contributed by atoms with Crippen molar-refractivity contribution < 1.29 is 28.4 Å². The third-order valence-electron chi connectivity index (χ3n) is 4.31. The molecule has 0 aromatic carbocycles. The average molecular weight is 507 g/mol. The van der Waals surface area contributed by atoms with Crippen LogP contribution in [-0.4, -0.2) is 45.7 Å². The Bertz CT molecular complexity index is 1090. The van der Waals surface area contributed by atoms with Gasteiger partial charge in [-0.15, -0.1) is 0 Å². The number of rotatable bonds is 18. The Morgan fingerprint density at radius 2 is 0.946 bits per heavy atom. The number of ether oxygens (including phenoxy) is 6. The molecule has 37 heavy (non-hydrogen) atoms. The van der Waals surface area contributed by atoms with Crippen molar-refractivity contribution in [1.29, 1.82) is 31.6 Å². The van der Waals surface area contributed by atoms with E-state index in [-0.39, 0.29) is 107 Å². The number of hydrogen-bond donors (Lipinski definition) is 0. The normalized spacial score (nSPS) is 15.3. The van der Waals surface area contributed by atoms with Crippen molar-refractivity contribution in [2.75, 3.05) is 39.6 Å². The quantitative estimate of drug-likeness (QED) is 0.194. The summed E-state index contributed by atoms with van der Waals surface area (Å²) >= 11 is 0. The highest BCUT2D eigenvalue weighted by molar-refractivity contribution is 5.48. The van der Waals surface area contributed by atoms with Gasteiger partial charge in [0.2, 0.25) is 11.5 Å². The molecule has 1 aliphatic rings. The van der Waals surface area contributed by atoms with E-state index in [0.29, 0.717) is 0 Å². The molecule has 0 amide bonds. The van der Waals surface area contributed by atoms with E-state index >= 15 is 0 Å². The van der Waals surface area contributed by atoms with Gasteiger partial charge in [-0.25, -0.2) is 0 Å². The van der Waals surface area contributed by atoms with Crippen LogP contribution in [0.3, 0.4) is 0 Å². The fourth-order valence-corrected chi connectivity index (χ4v) is 2.84. The Morgan fingerprint density at radius 3 is 1.49 bits per heavy atom. The van der Waals surface area contributed by atoms with Gasteiger partial charge < -0.3 is 28.4 Å². The van der Waals surface area contributed by atoms with E-state index in [0.717, 1.165) is 0 Å². The number of nitrogens with zero attached hydrogens (tertiary/aromatic N) is 6. The predicted molar refractivity (Wildman–Crippen MR) is 123 cm³/mol. The Balaban J connectivity index is 3.75. The second-order valence-corrected chi connectivity index (χ2v) is 6.89. The average Bonchev–Trinajstić information content (AvgIpc) is 2.90. The summed E-state index contributed by atoms with van der Waals surface area (Å²) in [6.45, 7) is -0.113. The summed E-state index contributed by atoms with van der Waals surface area (Å²) in [6.07, 6.45) is 0.572.